The molecule has 0 aromatic carbocycles. The van der Waals surface area contributed by atoms with Gasteiger partial charge in [-0.1, -0.05) is 6.07 Å². The molecule has 1 saturated heterocycles. The zero-order chi connectivity index (χ0) is 13.2. The number of likely N-dealkylation sites (N-methyl/N-ethyl adjacent to an activating group) is 1. The fourth-order valence-corrected chi connectivity index (χ4v) is 3.38. The maximum Gasteiger partial charge on any atom is 0.250 e. The van der Waals surface area contributed by atoms with Crippen LogP contribution < -0.4 is 10.9 Å². The van der Waals surface area contributed by atoms with E-state index in [4.69, 9.17) is 4.74 Å². The molecular weight excluding hydrogens is 240 g/mol. The van der Waals surface area contributed by atoms with E-state index < -0.39 is 0 Å². The number of fused-ring (bicyclic) bond motifs is 1. The average molecular weight is 262 g/mol. The van der Waals surface area contributed by atoms with Gasteiger partial charge < -0.3 is 14.6 Å². The number of aromatic nitrogens is 1. The lowest BCUT2D eigenvalue weighted by molar-refractivity contribution is 0.174. The van der Waals surface area contributed by atoms with Gasteiger partial charge >= 0.3 is 0 Å². The van der Waals surface area contributed by atoms with E-state index in [1.54, 1.807) is 6.07 Å². The number of nitrogens with zero attached hydrogens (tertiary/aromatic N) is 1. The van der Waals surface area contributed by atoms with Crippen molar-refractivity contribution in [2.24, 2.45) is 5.92 Å². The molecule has 0 radical (unpaired) electrons. The smallest absolute Gasteiger partial charge is 0.250 e. The third-order valence-corrected chi connectivity index (χ3v) is 4.53. The summed E-state index contributed by atoms with van der Waals surface area (Å²) >= 11 is 0. The Morgan fingerprint density at radius 1 is 1.47 bits per heavy atom. The highest BCUT2D eigenvalue weighted by Crippen LogP contribution is 2.22. The molecule has 0 amide bonds. The maximum atomic E-state index is 12.1. The Morgan fingerprint density at radius 3 is 3.11 bits per heavy atom. The van der Waals surface area contributed by atoms with Gasteiger partial charge in [-0.25, -0.2) is 0 Å². The molecule has 2 aliphatic rings. The Morgan fingerprint density at radius 2 is 2.37 bits per heavy atom. The van der Waals surface area contributed by atoms with Gasteiger partial charge in [-0.3, -0.25) is 4.79 Å². The Labute approximate surface area is 113 Å². The van der Waals surface area contributed by atoms with Crippen LogP contribution in [-0.2, 0) is 24.1 Å². The largest absolute Gasteiger partial charge is 0.381 e. The number of hydrogen-bond donors (Lipinski definition) is 1. The fourth-order valence-electron chi connectivity index (χ4n) is 3.38. The summed E-state index contributed by atoms with van der Waals surface area (Å²) in [6.45, 7) is 2.44. The highest BCUT2D eigenvalue weighted by atomic mass is 16.5. The van der Waals surface area contributed by atoms with Gasteiger partial charge in [0, 0.05) is 36.9 Å². The van der Waals surface area contributed by atoms with Gasteiger partial charge in [0.05, 0.1) is 6.61 Å². The standard InChI is InChI=1S/C15H22N2O2/c1-16-13(12-7-8-19-10-12)9-17-14-4-2-3-11(14)5-6-15(17)18/h5-6,12-13,16H,2-4,7-10H2,1H3. The summed E-state index contributed by atoms with van der Waals surface area (Å²) in [5, 5.41) is 3.37. The van der Waals surface area contributed by atoms with Crippen molar-refractivity contribution in [3.8, 4) is 0 Å². The van der Waals surface area contributed by atoms with Gasteiger partial charge in [-0.15, -0.1) is 0 Å². The highest BCUT2D eigenvalue weighted by Gasteiger charge is 2.26. The molecular formula is C15H22N2O2. The molecule has 19 heavy (non-hydrogen) atoms. The quantitative estimate of drug-likeness (QED) is 0.879. The topological polar surface area (TPSA) is 43.3 Å². The van der Waals surface area contributed by atoms with Crippen LogP contribution in [0, 0.1) is 5.92 Å². The normalized spacial score (nSPS) is 23.5. The van der Waals surface area contributed by atoms with Gasteiger partial charge in [0.1, 0.15) is 0 Å². The lowest BCUT2D eigenvalue weighted by atomic mass is 9.99. The Hall–Kier alpha value is -1.13. The zero-order valence-corrected chi connectivity index (χ0v) is 11.5. The van der Waals surface area contributed by atoms with Crippen molar-refractivity contribution in [2.75, 3.05) is 20.3 Å². The first kappa shape index (κ1) is 12.9. The molecule has 1 aliphatic heterocycles. The van der Waals surface area contributed by atoms with Crippen LogP contribution in [0.15, 0.2) is 16.9 Å². The van der Waals surface area contributed by atoms with Crippen LogP contribution in [0.2, 0.25) is 0 Å². The molecule has 2 atom stereocenters. The van der Waals surface area contributed by atoms with E-state index in [9.17, 15) is 4.79 Å². The second-order valence-corrected chi connectivity index (χ2v) is 5.63. The number of hydrogen-bond acceptors (Lipinski definition) is 3. The summed E-state index contributed by atoms with van der Waals surface area (Å²) < 4.78 is 7.46. The Kier molecular flexibility index (Phi) is 3.71. The lowest BCUT2D eigenvalue weighted by Gasteiger charge is -2.24. The van der Waals surface area contributed by atoms with E-state index in [2.05, 4.69) is 5.32 Å². The molecule has 0 saturated carbocycles. The molecule has 1 N–H and O–H groups in total. The molecule has 1 aliphatic carbocycles. The van der Waals surface area contributed by atoms with Crippen LogP contribution >= 0.6 is 0 Å². The van der Waals surface area contributed by atoms with Crippen LogP contribution in [0.4, 0.5) is 0 Å². The predicted octanol–water partition coefficient (Wildman–Crippen LogP) is 0.961. The van der Waals surface area contributed by atoms with E-state index in [0.717, 1.165) is 39.0 Å². The van der Waals surface area contributed by atoms with Crippen molar-refractivity contribution >= 4 is 0 Å². The maximum absolute atomic E-state index is 12.1. The van der Waals surface area contributed by atoms with Crippen LogP contribution in [0.25, 0.3) is 0 Å². The van der Waals surface area contributed by atoms with Gasteiger partial charge in [0.15, 0.2) is 0 Å². The predicted molar refractivity (Wildman–Crippen MR) is 74.5 cm³/mol. The molecule has 1 aromatic heterocycles. The van der Waals surface area contributed by atoms with Crippen LogP contribution in [0.5, 0.6) is 0 Å². The van der Waals surface area contributed by atoms with E-state index in [0.29, 0.717) is 12.0 Å². The minimum atomic E-state index is 0.139. The third-order valence-electron chi connectivity index (χ3n) is 4.53. The van der Waals surface area contributed by atoms with Crippen molar-refractivity contribution in [2.45, 2.75) is 38.3 Å². The monoisotopic (exact) mass is 262 g/mol. The summed E-state index contributed by atoms with van der Waals surface area (Å²) in [4.78, 5) is 12.1. The molecule has 4 heteroatoms. The van der Waals surface area contributed by atoms with Crippen LogP contribution in [0.1, 0.15) is 24.1 Å². The van der Waals surface area contributed by atoms with Crippen LogP contribution in [-0.4, -0.2) is 30.9 Å². The minimum Gasteiger partial charge on any atom is -0.381 e. The number of ether oxygens (including phenoxy) is 1. The summed E-state index contributed by atoms with van der Waals surface area (Å²) in [5.74, 6) is 0.522. The molecule has 3 rings (SSSR count). The first-order chi connectivity index (χ1) is 9.29. The molecule has 0 bridgehead atoms. The van der Waals surface area contributed by atoms with Gasteiger partial charge in [-0.2, -0.15) is 0 Å². The fraction of sp³-hybridized carbons (Fsp3) is 0.667. The second-order valence-electron chi connectivity index (χ2n) is 5.63. The van der Waals surface area contributed by atoms with Crippen molar-refractivity contribution in [3.05, 3.63) is 33.7 Å². The molecule has 4 nitrogen and oxygen atoms in total. The van der Waals surface area contributed by atoms with Crippen molar-refractivity contribution in [1.29, 1.82) is 0 Å². The number of aryl methyl sites for hydroxylation is 1. The second kappa shape index (κ2) is 5.47. The molecule has 1 aromatic rings. The molecule has 2 heterocycles. The molecule has 0 spiro atoms. The van der Waals surface area contributed by atoms with E-state index >= 15 is 0 Å². The zero-order valence-electron chi connectivity index (χ0n) is 11.5. The summed E-state index contributed by atoms with van der Waals surface area (Å²) in [7, 11) is 1.98. The minimum absolute atomic E-state index is 0.139. The van der Waals surface area contributed by atoms with Crippen molar-refractivity contribution in [1.82, 2.24) is 9.88 Å². The number of nitrogens with one attached hydrogen (secondary N) is 1. The van der Waals surface area contributed by atoms with E-state index in [1.165, 1.54) is 17.7 Å². The molecule has 2 unspecified atom stereocenters. The average Bonchev–Trinajstić information content (AvgIpc) is 3.08. The molecule has 104 valence electrons. The first-order valence-corrected chi connectivity index (χ1v) is 7.26. The third kappa shape index (κ3) is 2.47. The van der Waals surface area contributed by atoms with E-state index in [-0.39, 0.29) is 5.56 Å². The Balaban J connectivity index is 1.86. The van der Waals surface area contributed by atoms with Gasteiger partial charge in [0.25, 0.3) is 5.56 Å². The van der Waals surface area contributed by atoms with Crippen molar-refractivity contribution in [3.63, 3.8) is 0 Å². The lowest BCUT2D eigenvalue weighted by Crippen LogP contribution is -2.41. The van der Waals surface area contributed by atoms with Crippen molar-refractivity contribution < 1.29 is 4.74 Å². The SMILES string of the molecule is CNC(Cn1c2c(ccc1=O)CCC2)C1CCOC1. The number of rotatable bonds is 4. The first-order valence-electron chi connectivity index (χ1n) is 7.26. The van der Waals surface area contributed by atoms with E-state index in [1.807, 2.05) is 17.7 Å². The highest BCUT2D eigenvalue weighted by molar-refractivity contribution is 5.25. The summed E-state index contributed by atoms with van der Waals surface area (Å²) in [6, 6.07) is 4.06. The number of pyridine rings is 1. The molecule has 1 fully saturated rings. The van der Waals surface area contributed by atoms with Gasteiger partial charge in [0.2, 0.25) is 0 Å². The Bertz CT molecular complexity index is 503. The van der Waals surface area contributed by atoms with Crippen LogP contribution in [0.3, 0.4) is 0 Å². The summed E-state index contributed by atoms with van der Waals surface area (Å²) in [6.07, 6.45) is 4.43. The van der Waals surface area contributed by atoms with Gasteiger partial charge in [-0.05, 0) is 38.3 Å². The summed E-state index contributed by atoms with van der Waals surface area (Å²) in [5.41, 5.74) is 2.75.